The molecule has 3 heteroatoms. The summed E-state index contributed by atoms with van der Waals surface area (Å²) >= 11 is 0. The normalized spacial score (nSPS) is 17.1. The highest BCUT2D eigenvalue weighted by Crippen LogP contribution is 2.43. The lowest BCUT2D eigenvalue weighted by Gasteiger charge is -2.40. The van der Waals surface area contributed by atoms with Crippen LogP contribution < -0.4 is 11.1 Å². The molecule has 0 bridgehead atoms. The van der Waals surface area contributed by atoms with Crippen LogP contribution in [0.2, 0.25) is 0 Å². The van der Waals surface area contributed by atoms with Gasteiger partial charge >= 0.3 is 0 Å². The Hall–Kier alpha value is -1.35. The largest absolute Gasteiger partial charge is 0.330 e. The number of nitrogens with two attached hydrogens (primary N) is 1. The second kappa shape index (κ2) is 5.74. The Bertz CT molecular complexity index is 444. The van der Waals surface area contributed by atoms with Crippen LogP contribution in [-0.4, -0.2) is 12.5 Å². The first-order valence-corrected chi connectivity index (χ1v) is 7.14. The van der Waals surface area contributed by atoms with Crippen LogP contribution in [0, 0.1) is 5.41 Å². The molecule has 0 saturated heterocycles. The summed E-state index contributed by atoms with van der Waals surface area (Å²) < 4.78 is 0. The van der Waals surface area contributed by atoms with Gasteiger partial charge in [0.25, 0.3) is 0 Å². The van der Waals surface area contributed by atoms with Crippen LogP contribution in [0.5, 0.6) is 0 Å². The molecule has 0 spiro atoms. The van der Waals surface area contributed by atoms with E-state index in [1.54, 1.807) is 0 Å². The first kappa shape index (κ1) is 14.1. The zero-order valence-corrected chi connectivity index (χ0v) is 11.9. The van der Waals surface area contributed by atoms with E-state index in [2.05, 4.69) is 31.3 Å². The molecule has 2 rings (SSSR count). The van der Waals surface area contributed by atoms with E-state index in [9.17, 15) is 4.79 Å². The summed E-state index contributed by atoms with van der Waals surface area (Å²) in [6.45, 7) is 4.92. The fraction of sp³-hybridized carbons (Fsp3) is 0.562. The van der Waals surface area contributed by atoms with Gasteiger partial charge < -0.3 is 11.1 Å². The lowest BCUT2D eigenvalue weighted by molar-refractivity contribution is -0.119. The van der Waals surface area contributed by atoms with Crippen molar-refractivity contribution in [1.29, 1.82) is 0 Å². The SMILES string of the molecule is CC(C)c1cccc(NC(=O)CC2(CN)CCC2)c1. The number of amides is 1. The van der Waals surface area contributed by atoms with Gasteiger partial charge in [0.15, 0.2) is 0 Å². The molecule has 1 aromatic rings. The molecular weight excluding hydrogens is 236 g/mol. The van der Waals surface area contributed by atoms with E-state index >= 15 is 0 Å². The van der Waals surface area contributed by atoms with E-state index in [1.165, 1.54) is 12.0 Å². The molecule has 3 nitrogen and oxygen atoms in total. The predicted molar refractivity (Wildman–Crippen MR) is 79.1 cm³/mol. The average Bonchev–Trinajstić information content (AvgIpc) is 2.34. The van der Waals surface area contributed by atoms with Crippen molar-refractivity contribution in [2.45, 2.75) is 45.4 Å². The second-order valence-corrected chi connectivity index (χ2v) is 6.06. The van der Waals surface area contributed by atoms with Gasteiger partial charge in [-0.15, -0.1) is 0 Å². The van der Waals surface area contributed by atoms with Crippen LogP contribution in [0.3, 0.4) is 0 Å². The maximum Gasteiger partial charge on any atom is 0.224 e. The zero-order chi connectivity index (χ0) is 13.9. The maximum absolute atomic E-state index is 12.1. The fourth-order valence-electron chi connectivity index (χ4n) is 2.65. The Morgan fingerprint density at radius 1 is 1.42 bits per heavy atom. The van der Waals surface area contributed by atoms with Crippen LogP contribution in [0.4, 0.5) is 5.69 Å². The third-order valence-electron chi connectivity index (χ3n) is 4.22. The molecule has 3 N–H and O–H groups in total. The molecule has 1 fully saturated rings. The van der Waals surface area contributed by atoms with Crippen molar-refractivity contribution in [3.8, 4) is 0 Å². The summed E-state index contributed by atoms with van der Waals surface area (Å²) in [4.78, 5) is 12.1. The third kappa shape index (κ3) is 3.35. The Kier molecular flexibility index (Phi) is 4.25. The van der Waals surface area contributed by atoms with Gasteiger partial charge in [0, 0.05) is 12.1 Å². The van der Waals surface area contributed by atoms with E-state index in [1.807, 2.05) is 12.1 Å². The summed E-state index contributed by atoms with van der Waals surface area (Å²) in [5, 5.41) is 3.00. The minimum atomic E-state index is 0.0692. The number of hydrogen-bond acceptors (Lipinski definition) is 2. The van der Waals surface area contributed by atoms with Gasteiger partial charge in [-0.05, 0) is 48.4 Å². The number of benzene rings is 1. The summed E-state index contributed by atoms with van der Waals surface area (Å²) in [6.07, 6.45) is 3.93. The number of anilines is 1. The van der Waals surface area contributed by atoms with E-state index < -0.39 is 0 Å². The van der Waals surface area contributed by atoms with Crippen molar-refractivity contribution in [2.75, 3.05) is 11.9 Å². The minimum Gasteiger partial charge on any atom is -0.330 e. The monoisotopic (exact) mass is 260 g/mol. The Morgan fingerprint density at radius 2 is 2.16 bits per heavy atom. The molecule has 0 atom stereocenters. The molecule has 0 unspecified atom stereocenters. The van der Waals surface area contributed by atoms with Gasteiger partial charge in [0.1, 0.15) is 0 Å². The average molecular weight is 260 g/mol. The molecule has 0 heterocycles. The number of rotatable bonds is 5. The Labute approximate surface area is 115 Å². The molecule has 1 aliphatic rings. The van der Waals surface area contributed by atoms with Crippen molar-refractivity contribution in [2.24, 2.45) is 11.1 Å². The quantitative estimate of drug-likeness (QED) is 0.853. The molecule has 1 amide bonds. The summed E-state index contributed by atoms with van der Waals surface area (Å²) in [5.74, 6) is 0.560. The first-order valence-electron chi connectivity index (χ1n) is 7.14. The highest BCUT2D eigenvalue weighted by atomic mass is 16.1. The second-order valence-electron chi connectivity index (χ2n) is 6.06. The van der Waals surface area contributed by atoms with Crippen LogP contribution in [0.25, 0.3) is 0 Å². The molecule has 0 aromatic heterocycles. The van der Waals surface area contributed by atoms with Crippen LogP contribution in [-0.2, 0) is 4.79 Å². The predicted octanol–water partition coefficient (Wildman–Crippen LogP) is 3.27. The standard InChI is InChI=1S/C16H24N2O/c1-12(2)13-5-3-6-14(9-13)18-15(19)10-16(11-17)7-4-8-16/h3,5-6,9,12H,4,7-8,10-11,17H2,1-2H3,(H,18,19). The summed E-state index contributed by atoms with van der Waals surface area (Å²) in [6, 6.07) is 8.08. The highest BCUT2D eigenvalue weighted by Gasteiger charge is 2.37. The summed E-state index contributed by atoms with van der Waals surface area (Å²) in [7, 11) is 0. The van der Waals surface area contributed by atoms with Gasteiger partial charge in [-0.25, -0.2) is 0 Å². The van der Waals surface area contributed by atoms with Gasteiger partial charge in [-0.2, -0.15) is 0 Å². The van der Waals surface area contributed by atoms with E-state index in [-0.39, 0.29) is 11.3 Å². The van der Waals surface area contributed by atoms with Crippen molar-refractivity contribution >= 4 is 11.6 Å². The molecule has 0 radical (unpaired) electrons. The topological polar surface area (TPSA) is 55.1 Å². The van der Waals surface area contributed by atoms with Gasteiger partial charge in [0.2, 0.25) is 5.91 Å². The lowest BCUT2D eigenvalue weighted by Crippen LogP contribution is -2.40. The third-order valence-corrected chi connectivity index (χ3v) is 4.22. The maximum atomic E-state index is 12.1. The number of carbonyl (C=O) groups excluding carboxylic acids is 1. The van der Waals surface area contributed by atoms with E-state index in [4.69, 9.17) is 5.73 Å². The molecule has 1 aromatic carbocycles. The smallest absolute Gasteiger partial charge is 0.224 e. The molecule has 104 valence electrons. The zero-order valence-electron chi connectivity index (χ0n) is 11.9. The number of carbonyl (C=O) groups is 1. The van der Waals surface area contributed by atoms with Crippen molar-refractivity contribution < 1.29 is 4.79 Å². The first-order chi connectivity index (χ1) is 9.04. The lowest BCUT2D eigenvalue weighted by atomic mass is 9.66. The van der Waals surface area contributed by atoms with Gasteiger partial charge in [-0.3, -0.25) is 4.79 Å². The molecule has 0 aliphatic heterocycles. The van der Waals surface area contributed by atoms with Crippen LogP contribution in [0.15, 0.2) is 24.3 Å². The number of nitrogens with one attached hydrogen (secondary N) is 1. The molecule has 1 saturated carbocycles. The van der Waals surface area contributed by atoms with E-state index in [0.717, 1.165) is 18.5 Å². The van der Waals surface area contributed by atoms with Crippen molar-refractivity contribution in [1.82, 2.24) is 0 Å². The molecular formula is C16H24N2O. The van der Waals surface area contributed by atoms with Gasteiger partial charge in [-0.1, -0.05) is 32.4 Å². The number of hydrogen-bond donors (Lipinski definition) is 2. The van der Waals surface area contributed by atoms with Crippen molar-refractivity contribution in [3.05, 3.63) is 29.8 Å². The highest BCUT2D eigenvalue weighted by molar-refractivity contribution is 5.91. The van der Waals surface area contributed by atoms with E-state index in [0.29, 0.717) is 18.9 Å². The molecule has 19 heavy (non-hydrogen) atoms. The minimum absolute atomic E-state index is 0.0692. The Morgan fingerprint density at radius 3 is 2.68 bits per heavy atom. The van der Waals surface area contributed by atoms with Crippen LogP contribution >= 0.6 is 0 Å². The van der Waals surface area contributed by atoms with Gasteiger partial charge in [0.05, 0.1) is 0 Å². The van der Waals surface area contributed by atoms with Crippen molar-refractivity contribution in [3.63, 3.8) is 0 Å². The summed E-state index contributed by atoms with van der Waals surface area (Å²) in [5.41, 5.74) is 8.00. The fourth-order valence-corrected chi connectivity index (χ4v) is 2.65. The molecule has 1 aliphatic carbocycles. The Balaban J connectivity index is 1.97. The van der Waals surface area contributed by atoms with Crippen LogP contribution in [0.1, 0.15) is 51.0 Å².